The van der Waals surface area contributed by atoms with Crippen molar-refractivity contribution >= 4 is 5.71 Å². The Kier molecular flexibility index (Phi) is 3.50. The first kappa shape index (κ1) is 13.5. The van der Waals surface area contributed by atoms with Gasteiger partial charge in [0.1, 0.15) is 0 Å². The standard InChI is InChI=1S/C12H14F3NO/c1-11(2,3)10(16-17)8-4-6-9(7-5-8)12(13,14)15/h4-7,16H,1-3H3. The Morgan fingerprint density at radius 2 is 1.53 bits per heavy atom. The highest BCUT2D eigenvalue weighted by Gasteiger charge is 2.31. The maximum atomic E-state index is 12.4. The molecule has 0 amide bonds. The molecule has 0 bridgehead atoms. The summed E-state index contributed by atoms with van der Waals surface area (Å²) in [6, 6.07) is 4.54. The van der Waals surface area contributed by atoms with Crippen LogP contribution in [0.2, 0.25) is 0 Å². The van der Waals surface area contributed by atoms with Crippen molar-refractivity contribution in [1.82, 2.24) is 0 Å². The van der Waals surface area contributed by atoms with Crippen molar-refractivity contribution in [2.24, 2.45) is 5.41 Å². The summed E-state index contributed by atoms with van der Waals surface area (Å²) in [4.78, 5) is 0. The van der Waals surface area contributed by atoms with Crippen LogP contribution in [0.25, 0.3) is 0 Å². The van der Waals surface area contributed by atoms with Gasteiger partial charge in [-0.05, 0) is 24.3 Å². The molecule has 5 heteroatoms. The average molecular weight is 245 g/mol. The molecular formula is C12H14F3NO. The van der Waals surface area contributed by atoms with E-state index in [0.29, 0.717) is 11.3 Å². The number of benzene rings is 1. The molecule has 0 unspecified atom stereocenters. The highest BCUT2D eigenvalue weighted by Crippen LogP contribution is 2.29. The van der Waals surface area contributed by atoms with Gasteiger partial charge in [-0.1, -0.05) is 20.8 Å². The molecule has 1 N–H and O–H groups in total. The van der Waals surface area contributed by atoms with Gasteiger partial charge in [0.05, 0.1) is 5.56 Å². The zero-order chi connectivity index (χ0) is 13.3. The second-order valence-electron chi connectivity index (χ2n) is 4.80. The van der Waals surface area contributed by atoms with E-state index in [-0.39, 0.29) is 0 Å². The smallest absolute Gasteiger partial charge is 0.416 e. The van der Waals surface area contributed by atoms with Gasteiger partial charge in [0.15, 0.2) is 5.71 Å². The topological polar surface area (TPSA) is 37.0 Å². The largest absolute Gasteiger partial charge is 0.625 e. The zero-order valence-electron chi connectivity index (χ0n) is 9.85. The SMILES string of the molecule is CC(C)(C)C(=[NH+][O-])c1ccc(C(F)(F)F)cc1. The summed E-state index contributed by atoms with van der Waals surface area (Å²) in [7, 11) is 0. The van der Waals surface area contributed by atoms with Gasteiger partial charge in [0.25, 0.3) is 0 Å². The summed E-state index contributed by atoms with van der Waals surface area (Å²) in [6.07, 6.45) is -4.36. The van der Waals surface area contributed by atoms with Gasteiger partial charge in [-0.3, -0.25) is 0 Å². The van der Waals surface area contributed by atoms with Gasteiger partial charge in [-0.2, -0.15) is 13.2 Å². The molecule has 0 fully saturated rings. The van der Waals surface area contributed by atoms with Crippen molar-refractivity contribution in [3.63, 3.8) is 0 Å². The fourth-order valence-electron chi connectivity index (χ4n) is 1.47. The van der Waals surface area contributed by atoms with Gasteiger partial charge in [-0.25, -0.2) is 5.16 Å². The monoisotopic (exact) mass is 245 g/mol. The first-order valence-corrected chi connectivity index (χ1v) is 5.09. The molecule has 0 saturated heterocycles. The van der Waals surface area contributed by atoms with Gasteiger partial charge in [-0.15, -0.1) is 0 Å². The summed E-state index contributed by atoms with van der Waals surface area (Å²) in [6.45, 7) is 5.43. The lowest BCUT2D eigenvalue weighted by atomic mass is 9.85. The molecule has 0 atom stereocenters. The summed E-state index contributed by atoms with van der Waals surface area (Å²) in [5.41, 5.74) is -0.325. The van der Waals surface area contributed by atoms with Crippen LogP contribution in [-0.2, 0) is 6.18 Å². The lowest BCUT2D eigenvalue weighted by Crippen LogP contribution is -2.69. The molecule has 0 radical (unpaired) electrons. The molecule has 2 nitrogen and oxygen atoms in total. The first-order valence-electron chi connectivity index (χ1n) is 5.09. The minimum atomic E-state index is -4.36. The average Bonchev–Trinajstić information content (AvgIpc) is 2.16. The maximum absolute atomic E-state index is 12.4. The normalized spacial score (nSPS) is 13.9. The van der Waals surface area contributed by atoms with E-state index in [4.69, 9.17) is 0 Å². The number of hydrogen-bond acceptors (Lipinski definition) is 1. The van der Waals surface area contributed by atoms with E-state index >= 15 is 0 Å². The summed E-state index contributed by atoms with van der Waals surface area (Å²) >= 11 is 0. The van der Waals surface area contributed by atoms with E-state index in [1.54, 1.807) is 5.16 Å². The van der Waals surface area contributed by atoms with Crippen LogP contribution in [-0.4, -0.2) is 5.71 Å². The molecule has 1 rings (SSSR count). The van der Waals surface area contributed by atoms with Crippen molar-refractivity contribution in [3.05, 3.63) is 40.6 Å². The molecular weight excluding hydrogens is 231 g/mol. The van der Waals surface area contributed by atoms with Crippen LogP contribution >= 0.6 is 0 Å². The van der Waals surface area contributed by atoms with Crippen molar-refractivity contribution in [1.29, 1.82) is 0 Å². The molecule has 94 valence electrons. The molecule has 0 aliphatic rings. The molecule has 0 aliphatic carbocycles. The Morgan fingerprint density at radius 3 is 1.82 bits per heavy atom. The maximum Gasteiger partial charge on any atom is 0.416 e. The fraction of sp³-hybridized carbons (Fsp3) is 0.417. The molecule has 1 aromatic carbocycles. The lowest BCUT2D eigenvalue weighted by Gasteiger charge is -2.17. The van der Waals surface area contributed by atoms with Crippen LogP contribution < -0.4 is 5.16 Å². The van der Waals surface area contributed by atoms with Crippen LogP contribution in [0, 0.1) is 10.6 Å². The Bertz CT molecular complexity index is 413. The highest BCUT2D eigenvalue weighted by molar-refractivity contribution is 5.99. The lowest BCUT2D eigenvalue weighted by molar-refractivity contribution is -0.377. The van der Waals surface area contributed by atoms with Crippen LogP contribution in [0.5, 0.6) is 0 Å². The number of rotatable bonds is 1. The van der Waals surface area contributed by atoms with Crippen molar-refractivity contribution in [3.8, 4) is 0 Å². The van der Waals surface area contributed by atoms with Crippen LogP contribution in [0.3, 0.4) is 0 Å². The molecule has 0 aliphatic heterocycles. The predicted molar refractivity (Wildman–Crippen MR) is 59.3 cm³/mol. The quantitative estimate of drug-likeness (QED) is 0.459. The van der Waals surface area contributed by atoms with Crippen LogP contribution in [0.1, 0.15) is 31.9 Å². The van der Waals surface area contributed by atoms with E-state index in [1.807, 2.05) is 20.8 Å². The molecule has 0 heterocycles. The third-order valence-electron chi connectivity index (χ3n) is 2.35. The van der Waals surface area contributed by atoms with Crippen molar-refractivity contribution < 1.29 is 18.3 Å². The minimum Gasteiger partial charge on any atom is -0.625 e. The van der Waals surface area contributed by atoms with E-state index in [0.717, 1.165) is 12.1 Å². The molecule has 0 aromatic heterocycles. The van der Waals surface area contributed by atoms with Gasteiger partial charge >= 0.3 is 6.18 Å². The summed E-state index contributed by atoms with van der Waals surface area (Å²) in [5.74, 6) is 0. The summed E-state index contributed by atoms with van der Waals surface area (Å²) < 4.78 is 37.1. The number of nitrogens with one attached hydrogen (secondary N) is 1. The van der Waals surface area contributed by atoms with Gasteiger partial charge in [0, 0.05) is 11.0 Å². The molecule has 17 heavy (non-hydrogen) atoms. The van der Waals surface area contributed by atoms with E-state index in [1.165, 1.54) is 12.1 Å². The zero-order valence-corrected chi connectivity index (χ0v) is 9.85. The van der Waals surface area contributed by atoms with E-state index in [9.17, 15) is 18.4 Å². The van der Waals surface area contributed by atoms with E-state index < -0.39 is 17.2 Å². The third kappa shape index (κ3) is 3.22. The number of hydrogen-bond donors (Lipinski definition) is 1. The number of alkyl halides is 3. The Morgan fingerprint density at radius 1 is 1.06 bits per heavy atom. The van der Waals surface area contributed by atoms with E-state index in [2.05, 4.69) is 0 Å². The first-order chi connectivity index (χ1) is 7.66. The van der Waals surface area contributed by atoms with Gasteiger partial charge in [0.2, 0.25) is 0 Å². The Hall–Kier alpha value is -1.52. The Labute approximate surface area is 97.8 Å². The number of halogens is 3. The van der Waals surface area contributed by atoms with Gasteiger partial charge < -0.3 is 5.21 Å². The molecule has 0 spiro atoms. The van der Waals surface area contributed by atoms with Crippen molar-refractivity contribution in [2.45, 2.75) is 26.9 Å². The minimum absolute atomic E-state index is 0.367. The summed E-state index contributed by atoms with van der Waals surface area (Å²) in [5, 5.41) is 12.7. The van der Waals surface area contributed by atoms with Crippen molar-refractivity contribution in [2.75, 3.05) is 0 Å². The van der Waals surface area contributed by atoms with Crippen LogP contribution in [0.4, 0.5) is 13.2 Å². The molecule has 1 aromatic rings. The molecule has 0 saturated carbocycles. The second kappa shape index (κ2) is 4.39. The van der Waals surface area contributed by atoms with Crippen LogP contribution in [0.15, 0.2) is 24.3 Å². The Balaban J connectivity index is 3.11. The predicted octanol–water partition coefficient (Wildman–Crippen LogP) is 2.12. The highest BCUT2D eigenvalue weighted by atomic mass is 19.4. The second-order valence-corrected chi connectivity index (χ2v) is 4.80. The third-order valence-corrected chi connectivity index (χ3v) is 2.35. The fourth-order valence-corrected chi connectivity index (χ4v) is 1.47.